The molecule has 0 aromatic rings. The van der Waals surface area contributed by atoms with Crippen LogP contribution in [0.3, 0.4) is 0 Å². The number of unbranched alkanes of at least 4 members (excludes halogenated alkanes) is 3. The molecule has 20 heavy (non-hydrogen) atoms. The first-order chi connectivity index (χ1) is 9.47. The molecule has 0 aromatic heterocycles. The van der Waals surface area contributed by atoms with Gasteiger partial charge < -0.3 is 0 Å². The average Bonchev–Trinajstić information content (AvgIpc) is 3.34. The first-order valence-electron chi connectivity index (χ1n) is 9.47. The van der Waals surface area contributed by atoms with E-state index in [1.54, 1.807) is 19.3 Å². The highest BCUT2D eigenvalue weighted by atomic mass is 14.9. The molecular formula is C20H36. The van der Waals surface area contributed by atoms with Crippen LogP contribution < -0.4 is 0 Å². The van der Waals surface area contributed by atoms with Crippen LogP contribution in [-0.4, -0.2) is 0 Å². The second kappa shape index (κ2) is 4.75. The molecule has 6 unspecified atom stereocenters. The van der Waals surface area contributed by atoms with Crippen molar-refractivity contribution in [3.8, 4) is 0 Å². The van der Waals surface area contributed by atoms with Crippen LogP contribution in [-0.2, 0) is 0 Å². The van der Waals surface area contributed by atoms with Gasteiger partial charge in [-0.2, -0.15) is 0 Å². The van der Waals surface area contributed by atoms with E-state index in [0.29, 0.717) is 5.41 Å². The zero-order chi connectivity index (χ0) is 14.6. The van der Waals surface area contributed by atoms with E-state index >= 15 is 0 Å². The molecule has 0 N–H and O–H groups in total. The standard InChI is InChI=1S/C20H36/c1-6-8-9-10-11-17(7-2)16(4)18(5)13-20(18)14-19(20)12-15(19)3/h15-17H,6-14H2,1-5H3. The second-order valence-corrected chi connectivity index (χ2v) is 8.92. The van der Waals surface area contributed by atoms with E-state index in [1.165, 1.54) is 38.5 Å². The zero-order valence-corrected chi connectivity index (χ0v) is 14.6. The Kier molecular flexibility index (Phi) is 3.54. The molecule has 0 heterocycles. The molecule has 0 saturated heterocycles. The third-order valence-electron chi connectivity index (χ3n) is 8.20. The Balaban J connectivity index is 1.54. The van der Waals surface area contributed by atoms with Gasteiger partial charge in [-0.15, -0.1) is 0 Å². The van der Waals surface area contributed by atoms with E-state index in [0.717, 1.165) is 28.6 Å². The van der Waals surface area contributed by atoms with Crippen molar-refractivity contribution in [3.63, 3.8) is 0 Å². The molecule has 0 bridgehead atoms. The Bertz CT molecular complexity index is 372. The molecule has 6 atom stereocenters. The molecule has 116 valence electrons. The Morgan fingerprint density at radius 2 is 1.80 bits per heavy atom. The van der Waals surface area contributed by atoms with Crippen molar-refractivity contribution in [1.82, 2.24) is 0 Å². The predicted molar refractivity (Wildman–Crippen MR) is 87.7 cm³/mol. The molecule has 0 aromatic carbocycles. The highest BCUT2D eigenvalue weighted by Gasteiger charge is 2.91. The van der Waals surface area contributed by atoms with Crippen molar-refractivity contribution >= 4 is 0 Å². The summed E-state index contributed by atoms with van der Waals surface area (Å²) in [5.74, 6) is 3.00. The van der Waals surface area contributed by atoms with Crippen LogP contribution in [0.4, 0.5) is 0 Å². The van der Waals surface area contributed by atoms with Crippen LogP contribution in [0, 0.1) is 34.0 Å². The maximum absolute atomic E-state index is 2.64. The van der Waals surface area contributed by atoms with E-state index in [9.17, 15) is 0 Å². The number of hydrogen-bond donors (Lipinski definition) is 0. The normalized spacial score (nSPS) is 47.5. The van der Waals surface area contributed by atoms with Gasteiger partial charge in [0.05, 0.1) is 0 Å². The maximum atomic E-state index is 2.64. The van der Waals surface area contributed by atoms with Crippen LogP contribution in [0.25, 0.3) is 0 Å². The summed E-state index contributed by atoms with van der Waals surface area (Å²) >= 11 is 0. The lowest BCUT2D eigenvalue weighted by molar-refractivity contribution is 0.193. The van der Waals surface area contributed by atoms with Crippen molar-refractivity contribution < 1.29 is 0 Å². The fourth-order valence-electron chi connectivity index (χ4n) is 6.25. The minimum Gasteiger partial charge on any atom is -0.0654 e. The molecule has 3 aliphatic carbocycles. The molecule has 2 spiro atoms. The Morgan fingerprint density at radius 1 is 1.10 bits per heavy atom. The fourth-order valence-corrected chi connectivity index (χ4v) is 6.25. The van der Waals surface area contributed by atoms with Gasteiger partial charge in [0.25, 0.3) is 0 Å². The van der Waals surface area contributed by atoms with Gasteiger partial charge in [0, 0.05) is 0 Å². The molecule has 0 nitrogen and oxygen atoms in total. The van der Waals surface area contributed by atoms with Gasteiger partial charge in [-0.1, -0.05) is 73.1 Å². The van der Waals surface area contributed by atoms with Crippen LogP contribution in [0.5, 0.6) is 0 Å². The number of hydrogen-bond acceptors (Lipinski definition) is 0. The van der Waals surface area contributed by atoms with Crippen molar-refractivity contribution in [2.24, 2.45) is 34.0 Å². The summed E-state index contributed by atoms with van der Waals surface area (Å²) < 4.78 is 0. The molecule has 0 aliphatic heterocycles. The van der Waals surface area contributed by atoms with Crippen molar-refractivity contribution in [3.05, 3.63) is 0 Å². The molecule has 0 amide bonds. The highest BCUT2D eigenvalue weighted by molar-refractivity contribution is 5.39. The highest BCUT2D eigenvalue weighted by Crippen LogP contribution is 2.98. The SMILES string of the molecule is CCCCCCC(CC)C(C)C1(C)CC12CC21CC1C. The van der Waals surface area contributed by atoms with Crippen molar-refractivity contribution in [2.75, 3.05) is 0 Å². The smallest absolute Gasteiger partial charge is 0.0170 e. The summed E-state index contributed by atoms with van der Waals surface area (Å²) in [6.45, 7) is 12.5. The molecule has 0 heteroatoms. The average molecular weight is 277 g/mol. The first-order valence-corrected chi connectivity index (χ1v) is 9.47. The third-order valence-corrected chi connectivity index (χ3v) is 8.20. The van der Waals surface area contributed by atoms with E-state index in [4.69, 9.17) is 0 Å². The predicted octanol–water partition coefficient (Wildman–Crippen LogP) is 6.45. The Labute approximate surface area is 127 Å². The van der Waals surface area contributed by atoms with Gasteiger partial charge in [0.2, 0.25) is 0 Å². The minimum absolute atomic E-state index is 0.712. The molecular weight excluding hydrogens is 240 g/mol. The van der Waals surface area contributed by atoms with Crippen LogP contribution in [0.2, 0.25) is 0 Å². The monoisotopic (exact) mass is 276 g/mol. The first kappa shape index (κ1) is 14.9. The Morgan fingerprint density at radius 3 is 2.30 bits per heavy atom. The lowest BCUT2D eigenvalue weighted by Crippen LogP contribution is -2.22. The fraction of sp³-hybridized carbons (Fsp3) is 1.00. The summed E-state index contributed by atoms with van der Waals surface area (Å²) in [6, 6.07) is 0. The third kappa shape index (κ3) is 1.85. The number of rotatable bonds is 8. The molecule has 3 saturated carbocycles. The van der Waals surface area contributed by atoms with Crippen LogP contribution >= 0.6 is 0 Å². The quantitative estimate of drug-likeness (QED) is 0.447. The summed E-state index contributed by atoms with van der Waals surface area (Å²) in [5, 5.41) is 0. The largest absolute Gasteiger partial charge is 0.0654 e. The summed E-state index contributed by atoms with van der Waals surface area (Å²) in [4.78, 5) is 0. The van der Waals surface area contributed by atoms with Gasteiger partial charge in [-0.05, 0) is 53.3 Å². The zero-order valence-electron chi connectivity index (χ0n) is 14.6. The lowest BCUT2D eigenvalue weighted by atomic mass is 9.75. The summed E-state index contributed by atoms with van der Waals surface area (Å²) in [6.07, 6.45) is 13.4. The molecule has 3 rings (SSSR count). The van der Waals surface area contributed by atoms with Gasteiger partial charge in [-0.3, -0.25) is 0 Å². The van der Waals surface area contributed by atoms with Crippen molar-refractivity contribution in [1.29, 1.82) is 0 Å². The molecule has 3 fully saturated rings. The van der Waals surface area contributed by atoms with E-state index in [2.05, 4.69) is 34.6 Å². The second-order valence-electron chi connectivity index (χ2n) is 8.92. The summed E-state index contributed by atoms with van der Waals surface area (Å²) in [7, 11) is 0. The van der Waals surface area contributed by atoms with Gasteiger partial charge in [0.15, 0.2) is 0 Å². The molecule has 3 aliphatic rings. The van der Waals surface area contributed by atoms with E-state index < -0.39 is 0 Å². The number of fused-ring (bicyclic) bond motifs is 1. The van der Waals surface area contributed by atoms with E-state index in [-0.39, 0.29) is 0 Å². The van der Waals surface area contributed by atoms with Gasteiger partial charge in [0.1, 0.15) is 0 Å². The minimum atomic E-state index is 0.712. The topological polar surface area (TPSA) is 0 Å². The van der Waals surface area contributed by atoms with Crippen molar-refractivity contribution in [2.45, 2.75) is 92.4 Å². The van der Waals surface area contributed by atoms with Crippen LogP contribution in [0.1, 0.15) is 92.4 Å². The summed E-state index contributed by atoms with van der Waals surface area (Å²) in [5.41, 5.74) is 2.40. The maximum Gasteiger partial charge on any atom is -0.0170 e. The van der Waals surface area contributed by atoms with Crippen LogP contribution in [0.15, 0.2) is 0 Å². The molecule has 0 radical (unpaired) electrons. The van der Waals surface area contributed by atoms with Gasteiger partial charge >= 0.3 is 0 Å². The van der Waals surface area contributed by atoms with Gasteiger partial charge in [-0.25, -0.2) is 0 Å². The lowest BCUT2D eigenvalue weighted by Gasteiger charge is -2.30. The van der Waals surface area contributed by atoms with E-state index in [1.807, 2.05) is 0 Å². The Hall–Kier alpha value is 0.